The third kappa shape index (κ3) is 6.28. The first-order valence-electron chi connectivity index (χ1n) is 7.57. The Labute approximate surface area is 141 Å². The zero-order chi connectivity index (χ0) is 18.3. The van der Waals surface area contributed by atoms with Crippen LogP contribution in [0.25, 0.3) is 0 Å². The van der Waals surface area contributed by atoms with Crippen molar-refractivity contribution < 1.29 is 23.9 Å². The summed E-state index contributed by atoms with van der Waals surface area (Å²) in [6.07, 6.45) is -0.945. The molecule has 2 N–H and O–H groups in total. The molecule has 0 spiro atoms. The maximum atomic E-state index is 12.1. The lowest BCUT2D eigenvalue weighted by Gasteiger charge is -2.23. The van der Waals surface area contributed by atoms with Crippen LogP contribution in [0.15, 0.2) is 24.3 Å². The highest BCUT2D eigenvalue weighted by Crippen LogP contribution is 2.16. The van der Waals surface area contributed by atoms with Crippen molar-refractivity contribution in [3.05, 3.63) is 29.8 Å². The first kappa shape index (κ1) is 19.5. The van der Waals surface area contributed by atoms with Crippen molar-refractivity contribution in [3.8, 4) is 5.75 Å². The SMILES string of the molecule is COc1ccccc1C(=O)NCC(=O)O[C@@H](C)C(=O)NC(C)(C)C. The summed E-state index contributed by atoms with van der Waals surface area (Å²) in [5.41, 5.74) is -0.109. The molecule has 0 saturated heterocycles. The molecule has 0 fully saturated rings. The van der Waals surface area contributed by atoms with Crippen LogP contribution in [0, 0.1) is 0 Å². The third-order valence-electron chi connectivity index (χ3n) is 2.92. The van der Waals surface area contributed by atoms with Crippen molar-refractivity contribution in [3.63, 3.8) is 0 Å². The molecule has 0 unspecified atom stereocenters. The van der Waals surface area contributed by atoms with Gasteiger partial charge < -0.3 is 20.1 Å². The highest BCUT2D eigenvalue weighted by atomic mass is 16.5. The topological polar surface area (TPSA) is 93.7 Å². The summed E-state index contributed by atoms with van der Waals surface area (Å²) in [6.45, 7) is 6.61. The van der Waals surface area contributed by atoms with Crippen LogP contribution in [0.5, 0.6) is 5.75 Å². The van der Waals surface area contributed by atoms with E-state index in [1.165, 1.54) is 14.0 Å². The maximum absolute atomic E-state index is 12.1. The minimum atomic E-state index is -0.945. The molecule has 0 bridgehead atoms. The minimum absolute atomic E-state index is 0.311. The summed E-state index contributed by atoms with van der Waals surface area (Å²) in [5, 5.41) is 5.15. The number of amides is 2. The van der Waals surface area contributed by atoms with E-state index < -0.39 is 29.4 Å². The molecule has 0 heterocycles. The molecule has 7 nitrogen and oxygen atoms in total. The molecule has 0 aliphatic rings. The Morgan fingerprint density at radius 2 is 1.79 bits per heavy atom. The Morgan fingerprint density at radius 1 is 1.17 bits per heavy atom. The number of benzene rings is 1. The van der Waals surface area contributed by atoms with Gasteiger partial charge in [0.2, 0.25) is 0 Å². The summed E-state index contributed by atoms with van der Waals surface area (Å²) in [4.78, 5) is 35.7. The normalized spacial score (nSPS) is 12.0. The summed E-state index contributed by atoms with van der Waals surface area (Å²) >= 11 is 0. The number of nitrogens with one attached hydrogen (secondary N) is 2. The van der Waals surface area contributed by atoms with Crippen LogP contribution >= 0.6 is 0 Å². The van der Waals surface area contributed by atoms with Gasteiger partial charge in [0.05, 0.1) is 12.7 Å². The van der Waals surface area contributed by atoms with E-state index in [9.17, 15) is 14.4 Å². The van der Waals surface area contributed by atoms with Crippen LogP contribution in [0.4, 0.5) is 0 Å². The number of carbonyl (C=O) groups is 3. The summed E-state index contributed by atoms with van der Waals surface area (Å²) < 4.78 is 10.1. The molecule has 1 aromatic carbocycles. The second kappa shape index (κ2) is 8.33. The van der Waals surface area contributed by atoms with E-state index in [2.05, 4.69) is 10.6 Å². The average Bonchev–Trinajstić information content (AvgIpc) is 2.50. The molecule has 24 heavy (non-hydrogen) atoms. The molecule has 0 saturated carbocycles. The average molecular weight is 336 g/mol. The largest absolute Gasteiger partial charge is 0.496 e. The van der Waals surface area contributed by atoms with Gasteiger partial charge in [0.1, 0.15) is 12.3 Å². The van der Waals surface area contributed by atoms with Crippen LogP contribution in [0.1, 0.15) is 38.1 Å². The number of esters is 1. The second-order valence-corrected chi connectivity index (χ2v) is 6.25. The van der Waals surface area contributed by atoms with Gasteiger partial charge in [0.25, 0.3) is 11.8 Å². The highest BCUT2D eigenvalue weighted by Gasteiger charge is 2.22. The zero-order valence-electron chi connectivity index (χ0n) is 14.6. The van der Waals surface area contributed by atoms with Crippen molar-refractivity contribution >= 4 is 17.8 Å². The van der Waals surface area contributed by atoms with Crippen molar-refractivity contribution in [2.24, 2.45) is 0 Å². The van der Waals surface area contributed by atoms with Crippen molar-refractivity contribution in [1.82, 2.24) is 10.6 Å². The van der Waals surface area contributed by atoms with E-state index in [1.807, 2.05) is 20.8 Å². The fourth-order valence-electron chi connectivity index (χ4n) is 1.84. The highest BCUT2D eigenvalue weighted by molar-refractivity contribution is 5.98. The Hall–Kier alpha value is -2.57. The standard InChI is InChI=1S/C17H24N2O5/c1-11(15(21)19-17(2,3)4)24-14(20)10-18-16(22)12-8-6-7-9-13(12)23-5/h6-9,11H,10H2,1-5H3,(H,18,22)(H,19,21)/t11-/m0/s1. The quantitative estimate of drug-likeness (QED) is 0.763. The van der Waals surface area contributed by atoms with Crippen LogP contribution in [0.3, 0.4) is 0 Å². The molecule has 0 aliphatic heterocycles. The van der Waals surface area contributed by atoms with E-state index in [0.717, 1.165) is 0 Å². The Morgan fingerprint density at radius 3 is 2.38 bits per heavy atom. The van der Waals surface area contributed by atoms with Crippen molar-refractivity contribution in [1.29, 1.82) is 0 Å². The van der Waals surface area contributed by atoms with Crippen molar-refractivity contribution in [2.45, 2.75) is 39.3 Å². The summed E-state index contributed by atoms with van der Waals surface area (Å²) in [5.74, 6) is -1.15. The lowest BCUT2D eigenvalue weighted by Crippen LogP contribution is -2.46. The maximum Gasteiger partial charge on any atom is 0.326 e. The van der Waals surface area contributed by atoms with E-state index in [1.54, 1.807) is 24.3 Å². The van der Waals surface area contributed by atoms with E-state index in [0.29, 0.717) is 11.3 Å². The summed E-state index contributed by atoms with van der Waals surface area (Å²) in [6, 6.07) is 6.65. The number of carbonyl (C=O) groups excluding carboxylic acids is 3. The molecule has 2 amide bonds. The fraction of sp³-hybridized carbons (Fsp3) is 0.471. The second-order valence-electron chi connectivity index (χ2n) is 6.25. The zero-order valence-corrected chi connectivity index (χ0v) is 14.6. The molecule has 1 aromatic rings. The van der Waals surface area contributed by atoms with Gasteiger partial charge in [-0.1, -0.05) is 12.1 Å². The Balaban J connectivity index is 2.51. The van der Waals surface area contributed by atoms with Crippen LogP contribution in [-0.4, -0.2) is 43.1 Å². The molecule has 0 aromatic heterocycles. The van der Waals surface area contributed by atoms with Gasteiger partial charge in [-0.2, -0.15) is 0 Å². The molecular formula is C17H24N2O5. The fourth-order valence-corrected chi connectivity index (χ4v) is 1.84. The van der Waals surface area contributed by atoms with E-state index in [4.69, 9.17) is 9.47 Å². The molecule has 7 heteroatoms. The first-order valence-corrected chi connectivity index (χ1v) is 7.57. The Bertz CT molecular complexity index is 607. The van der Waals surface area contributed by atoms with Gasteiger partial charge in [-0.3, -0.25) is 14.4 Å². The number of methoxy groups -OCH3 is 1. The summed E-state index contributed by atoms with van der Waals surface area (Å²) in [7, 11) is 1.45. The van der Waals surface area contributed by atoms with Crippen molar-refractivity contribution in [2.75, 3.05) is 13.7 Å². The molecule has 1 rings (SSSR count). The van der Waals surface area contributed by atoms with Crippen LogP contribution in [0.2, 0.25) is 0 Å². The van der Waals surface area contributed by atoms with E-state index >= 15 is 0 Å². The van der Waals surface area contributed by atoms with Gasteiger partial charge >= 0.3 is 5.97 Å². The molecular weight excluding hydrogens is 312 g/mol. The monoisotopic (exact) mass is 336 g/mol. The van der Waals surface area contributed by atoms with Crippen LogP contribution in [-0.2, 0) is 14.3 Å². The number of hydrogen-bond acceptors (Lipinski definition) is 5. The van der Waals surface area contributed by atoms with Gasteiger partial charge in [-0.05, 0) is 39.8 Å². The minimum Gasteiger partial charge on any atom is -0.496 e. The van der Waals surface area contributed by atoms with Gasteiger partial charge in [-0.15, -0.1) is 0 Å². The lowest BCUT2D eigenvalue weighted by atomic mass is 10.1. The lowest BCUT2D eigenvalue weighted by molar-refractivity contribution is -0.154. The molecule has 0 radical (unpaired) electrons. The van der Waals surface area contributed by atoms with Crippen LogP contribution < -0.4 is 15.4 Å². The van der Waals surface area contributed by atoms with E-state index in [-0.39, 0.29) is 6.54 Å². The first-order chi connectivity index (χ1) is 11.1. The van der Waals surface area contributed by atoms with Gasteiger partial charge in [0, 0.05) is 5.54 Å². The number of para-hydroxylation sites is 1. The number of ether oxygens (including phenoxy) is 2. The number of hydrogen-bond donors (Lipinski definition) is 2. The van der Waals surface area contributed by atoms with Gasteiger partial charge in [0.15, 0.2) is 6.10 Å². The Kier molecular flexibility index (Phi) is 6.76. The van der Waals surface area contributed by atoms with Gasteiger partial charge in [-0.25, -0.2) is 0 Å². The molecule has 0 aliphatic carbocycles. The number of rotatable bonds is 6. The molecule has 1 atom stereocenters. The smallest absolute Gasteiger partial charge is 0.326 e. The predicted octanol–water partition coefficient (Wildman–Crippen LogP) is 1.27. The molecule has 132 valence electrons. The third-order valence-corrected chi connectivity index (χ3v) is 2.92. The predicted molar refractivity (Wildman–Crippen MR) is 88.8 cm³/mol.